The monoisotopic (exact) mass is 331 g/mol. The van der Waals surface area contributed by atoms with Crippen LogP contribution in [0.4, 0.5) is 5.82 Å². The second-order valence-corrected chi connectivity index (χ2v) is 7.63. The van der Waals surface area contributed by atoms with Crippen molar-refractivity contribution in [3.63, 3.8) is 0 Å². The van der Waals surface area contributed by atoms with Gasteiger partial charge in [-0.2, -0.15) is 0 Å². The SMILES string of the molecule is Cc1ccc(-c2nnc(N3C[C@@H](C)C[C@H](C)C3)c3ccccc23)cc1. The normalized spacial score (nSPS) is 20.8. The van der Waals surface area contributed by atoms with E-state index in [0.29, 0.717) is 11.8 Å². The first-order valence-corrected chi connectivity index (χ1v) is 9.19. The summed E-state index contributed by atoms with van der Waals surface area (Å²) in [6, 6.07) is 17.1. The molecule has 3 aromatic rings. The number of hydrogen-bond donors (Lipinski definition) is 0. The summed E-state index contributed by atoms with van der Waals surface area (Å²) in [4.78, 5) is 2.42. The molecule has 3 nitrogen and oxygen atoms in total. The number of rotatable bonds is 2. The van der Waals surface area contributed by atoms with Crippen LogP contribution in [0.2, 0.25) is 0 Å². The fraction of sp³-hybridized carbons (Fsp3) is 0.364. The van der Waals surface area contributed by atoms with Crippen LogP contribution < -0.4 is 4.90 Å². The maximum Gasteiger partial charge on any atom is 0.159 e. The first-order valence-electron chi connectivity index (χ1n) is 9.19. The van der Waals surface area contributed by atoms with Gasteiger partial charge in [0.1, 0.15) is 5.69 Å². The van der Waals surface area contributed by atoms with Gasteiger partial charge in [-0.05, 0) is 25.2 Å². The molecule has 0 unspecified atom stereocenters. The van der Waals surface area contributed by atoms with Crippen molar-refractivity contribution < 1.29 is 0 Å². The fourth-order valence-electron chi connectivity index (χ4n) is 4.08. The summed E-state index contributed by atoms with van der Waals surface area (Å²) in [5.74, 6) is 2.42. The van der Waals surface area contributed by atoms with Gasteiger partial charge in [-0.1, -0.05) is 67.9 Å². The Bertz CT molecular complexity index is 875. The van der Waals surface area contributed by atoms with E-state index in [1.165, 1.54) is 22.8 Å². The number of piperidine rings is 1. The van der Waals surface area contributed by atoms with Gasteiger partial charge in [0.2, 0.25) is 0 Å². The molecule has 0 aliphatic carbocycles. The van der Waals surface area contributed by atoms with Crippen molar-refractivity contribution >= 4 is 16.6 Å². The van der Waals surface area contributed by atoms with Crippen LogP contribution in [-0.2, 0) is 0 Å². The predicted octanol–water partition coefficient (Wildman–Crippen LogP) is 5.09. The van der Waals surface area contributed by atoms with E-state index in [2.05, 4.69) is 84.4 Å². The first kappa shape index (κ1) is 16.1. The highest BCUT2D eigenvalue weighted by atomic mass is 15.3. The second-order valence-electron chi connectivity index (χ2n) is 7.63. The number of benzene rings is 2. The molecule has 2 heterocycles. The van der Waals surface area contributed by atoms with E-state index in [4.69, 9.17) is 0 Å². The van der Waals surface area contributed by atoms with Crippen LogP contribution in [0.3, 0.4) is 0 Å². The topological polar surface area (TPSA) is 29.0 Å². The summed E-state index contributed by atoms with van der Waals surface area (Å²) in [7, 11) is 0. The van der Waals surface area contributed by atoms with Crippen molar-refractivity contribution in [2.24, 2.45) is 11.8 Å². The Balaban J connectivity index is 1.83. The van der Waals surface area contributed by atoms with E-state index < -0.39 is 0 Å². The number of anilines is 1. The average Bonchev–Trinajstić information content (AvgIpc) is 2.61. The van der Waals surface area contributed by atoms with Crippen LogP contribution in [-0.4, -0.2) is 23.3 Å². The number of fused-ring (bicyclic) bond motifs is 1. The van der Waals surface area contributed by atoms with Gasteiger partial charge in [0.05, 0.1) is 0 Å². The van der Waals surface area contributed by atoms with Gasteiger partial charge < -0.3 is 4.90 Å². The molecule has 2 atom stereocenters. The summed E-state index contributed by atoms with van der Waals surface area (Å²) < 4.78 is 0. The lowest BCUT2D eigenvalue weighted by atomic mass is 9.91. The minimum Gasteiger partial charge on any atom is -0.354 e. The zero-order valence-corrected chi connectivity index (χ0v) is 15.2. The third kappa shape index (κ3) is 3.11. The Morgan fingerprint density at radius 1 is 0.840 bits per heavy atom. The Morgan fingerprint density at radius 3 is 2.16 bits per heavy atom. The highest BCUT2D eigenvalue weighted by Crippen LogP contribution is 2.34. The summed E-state index contributed by atoms with van der Waals surface area (Å²) >= 11 is 0. The van der Waals surface area contributed by atoms with E-state index >= 15 is 0 Å². The molecular formula is C22H25N3. The lowest BCUT2D eigenvalue weighted by molar-refractivity contribution is 0.355. The molecule has 1 fully saturated rings. The van der Waals surface area contributed by atoms with Gasteiger partial charge in [0.25, 0.3) is 0 Å². The zero-order chi connectivity index (χ0) is 17.4. The summed E-state index contributed by atoms with van der Waals surface area (Å²) in [5.41, 5.74) is 3.35. The molecule has 1 aromatic heterocycles. The number of aryl methyl sites for hydroxylation is 1. The van der Waals surface area contributed by atoms with Gasteiger partial charge in [-0.3, -0.25) is 0 Å². The molecule has 4 rings (SSSR count). The van der Waals surface area contributed by atoms with E-state index in [1.54, 1.807) is 0 Å². The minimum absolute atomic E-state index is 0.695. The van der Waals surface area contributed by atoms with E-state index in [9.17, 15) is 0 Å². The van der Waals surface area contributed by atoms with Gasteiger partial charge in [-0.25, -0.2) is 0 Å². The summed E-state index contributed by atoms with van der Waals surface area (Å²) in [5, 5.41) is 11.7. The molecule has 25 heavy (non-hydrogen) atoms. The van der Waals surface area contributed by atoms with Crippen LogP contribution in [0.1, 0.15) is 25.8 Å². The molecule has 2 aromatic carbocycles. The van der Waals surface area contributed by atoms with E-state index in [-0.39, 0.29) is 0 Å². The van der Waals surface area contributed by atoms with Gasteiger partial charge in [-0.15, -0.1) is 10.2 Å². The molecule has 1 aliphatic rings. The lowest BCUT2D eigenvalue weighted by Crippen LogP contribution is -2.39. The molecule has 0 bridgehead atoms. The Hall–Kier alpha value is -2.42. The molecule has 0 spiro atoms. The maximum absolute atomic E-state index is 4.67. The van der Waals surface area contributed by atoms with Crippen molar-refractivity contribution in [2.45, 2.75) is 27.2 Å². The molecule has 3 heteroatoms. The lowest BCUT2D eigenvalue weighted by Gasteiger charge is -2.36. The predicted molar refractivity (Wildman–Crippen MR) is 105 cm³/mol. The highest BCUT2D eigenvalue weighted by molar-refractivity contribution is 6.00. The van der Waals surface area contributed by atoms with Crippen LogP contribution in [0.15, 0.2) is 48.5 Å². The maximum atomic E-state index is 4.67. The molecule has 0 amide bonds. The largest absolute Gasteiger partial charge is 0.354 e. The van der Waals surface area contributed by atoms with Crippen LogP contribution in [0.25, 0.3) is 22.0 Å². The Morgan fingerprint density at radius 2 is 1.48 bits per heavy atom. The molecule has 0 radical (unpaired) electrons. The third-order valence-electron chi connectivity index (χ3n) is 5.16. The highest BCUT2D eigenvalue weighted by Gasteiger charge is 2.25. The van der Waals surface area contributed by atoms with Crippen LogP contribution in [0.5, 0.6) is 0 Å². The Kier molecular flexibility index (Phi) is 4.16. The minimum atomic E-state index is 0.695. The van der Waals surface area contributed by atoms with E-state index in [1.807, 2.05) is 0 Å². The average molecular weight is 331 g/mol. The molecule has 0 saturated carbocycles. The zero-order valence-electron chi connectivity index (χ0n) is 15.2. The fourth-order valence-corrected chi connectivity index (χ4v) is 4.08. The van der Waals surface area contributed by atoms with Crippen molar-refractivity contribution in [1.29, 1.82) is 0 Å². The van der Waals surface area contributed by atoms with Crippen LogP contribution >= 0.6 is 0 Å². The summed E-state index contributed by atoms with van der Waals surface area (Å²) in [6.45, 7) is 8.90. The number of hydrogen-bond acceptors (Lipinski definition) is 3. The quantitative estimate of drug-likeness (QED) is 0.655. The molecule has 1 aliphatic heterocycles. The standard InChI is InChI=1S/C22H25N3/c1-15-8-10-18(11-9-15)21-19-6-4-5-7-20(19)22(24-23-21)25-13-16(2)12-17(3)14-25/h4-11,16-17H,12-14H2,1-3H3/t16-,17-/m0/s1. The molecular weight excluding hydrogens is 306 g/mol. The smallest absolute Gasteiger partial charge is 0.159 e. The second kappa shape index (κ2) is 6.47. The number of nitrogens with zero attached hydrogens (tertiary/aromatic N) is 3. The van der Waals surface area contributed by atoms with Gasteiger partial charge in [0.15, 0.2) is 5.82 Å². The van der Waals surface area contributed by atoms with Gasteiger partial charge in [0, 0.05) is 29.4 Å². The van der Waals surface area contributed by atoms with Gasteiger partial charge >= 0.3 is 0 Å². The van der Waals surface area contributed by atoms with Crippen molar-refractivity contribution in [2.75, 3.05) is 18.0 Å². The van der Waals surface area contributed by atoms with Crippen molar-refractivity contribution in [1.82, 2.24) is 10.2 Å². The Labute approximate surface area is 149 Å². The molecule has 1 saturated heterocycles. The number of aromatic nitrogens is 2. The molecule has 0 N–H and O–H groups in total. The van der Waals surface area contributed by atoms with Crippen LogP contribution in [0, 0.1) is 18.8 Å². The van der Waals surface area contributed by atoms with Crippen molar-refractivity contribution in [3.05, 3.63) is 54.1 Å². The summed E-state index contributed by atoms with van der Waals surface area (Å²) in [6.07, 6.45) is 1.29. The van der Waals surface area contributed by atoms with E-state index in [0.717, 1.165) is 30.2 Å². The third-order valence-corrected chi connectivity index (χ3v) is 5.16. The first-order chi connectivity index (χ1) is 12.1. The van der Waals surface area contributed by atoms with Crippen molar-refractivity contribution in [3.8, 4) is 11.3 Å². The molecule has 128 valence electrons.